The van der Waals surface area contributed by atoms with E-state index in [1.165, 1.54) is 0 Å². The molecule has 2 rings (SSSR count). The third kappa shape index (κ3) is 4.24. The van der Waals surface area contributed by atoms with Crippen LogP contribution in [-0.2, 0) is 28.8 Å². The zero-order valence-corrected chi connectivity index (χ0v) is 12.6. The van der Waals surface area contributed by atoms with E-state index in [1.807, 2.05) is 20.8 Å². The maximum atomic E-state index is 12.0. The molecule has 1 aromatic heterocycles. The summed E-state index contributed by atoms with van der Waals surface area (Å²) >= 11 is 0. The van der Waals surface area contributed by atoms with Gasteiger partial charge in [-0.25, -0.2) is 4.79 Å². The Balaban J connectivity index is 2.00. The fourth-order valence-corrected chi connectivity index (χ4v) is 2.30. The number of amides is 1. The molecule has 0 radical (unpaired) electrons. The summed E-state index contributed by atoms with van der Waals surface area (Å²) < 4.78 is 10.9. The molecule has 116 valence electrons. The maximum absolute atomic E-state index is 12.0. The molecule has 0 saturated carbocycles. The average molecular weight is 295 g/mol. The van der Waals surface area contributed by atoms with Crippen molar-refractivity contribution >= 4 is 12.1 Å². The molecule has 1 aromatic rings. The van der Waals surface area contributed by atoms with Gasteiger partial charge >= 0.3 is 12.1 Å². The molecule has 2 heterocycles. The van der Waals surface area contributed by atoms with Gasteiger partial charge in [0.15, 0.2) is 0 Å². The number of nitrogens with zero attached hydrogens (tertiary/aromatic N) is 1. The predicted molar refractivity (Wildman–Crippen MR) is 75.3 cm³/mol. The highest BCUT2D eigenvalue weighted by atomic mass is 16.6. The van der Waals surface area contributed by atoms with Crippen molar-refractivity contribution in [2.45, 2.75) is 45.6 Å². The Bertz CT molecular complexity index is 515. The highest BCUT2D eigenvalue weighted by molar-refractivity contribution is 5.69. The van der Waals surface area contributed by atoms with Gasteiger partial charge in [-0.1, -0.05) is 0 Å². The average Bonchev–Trinajstić information content (AvgIpc) is 2.57. The van der Waals surface area contributed by atoms with Crippen molar-refractivity contribution in [3.05, 3.63) is 23.2 Å². The lowest BCUT2D eigenvalue weighted by molar-refractivity contribution is -0.136. The number of furan rings is 1. The van der Waals surface area contributed by atoms with Gasteiger partial charge in [0.1, 0.15) is 23.5 Å². The molecule has 6 nitrogen and oxygen atoms in total. The first-order chi connectivity index (χ1) is 9.74. The third-order valence-electron chi connectivity index (χ3n) is 3.18. The van der Waals surface area contributed by atoms with Crippen molar-refractivity contribution in [3.8, 4) is 0 Å². The van der Waals surface area contributed by atoms with Gasteiger partial charge in [-0.05, 0) is 38.8 Å². The van der Waals surface area contributed by atoms with Crippen LogP contribution in [-0.4, -0.2) is 40.8 Å². The summed E-state index contributed by atoms with van der Waals surface area (Å²) in [4.78, 5) is 24.4. The number of carboxylic acids is 1. The molecule has 1 aliphatic rings. The Kier molecular flexibility index (Phi) is 4.25. The monoisotopic (exact) mass is 295 g/mol. The number of hydrogen-bond acceptors (Lipinski definition) is 4. The molecule has 0 aliphatic carbocycles. The molecule has 1 aliphatic heterocycles. The van der Waals surface area contributed by atoms with E-state index in [-0.39, 0.29) is 12.5 Å². The van der Waals surface area contributed by atoms with Crippen LogP contribution in [0.1, 0.15) is 37.9 Å². The van der Waals surface area contributed by atoms with Crippen LogP contribution in [0.3, 0.4) is 0 Å². The van der Waals surface area contributed by atoms with Crippen molar-refractivity contribution in [2.24, 2.45) is 0 Å². The Labute approximate surface area is 123 Å². The van der Waals surface area contributed by atoms with E-state index in [2.05, 4.69) is 0 Å². The number of fused-ring (bicyclic) bond motifs is 1. The lowest BCUT2D eigenvalue weighted by Gasteiger charge is -2.26. The second-order valence-electron chi connectivity index (χ2n) is 6.20. The molecule has 6 heteroatoms. The van der Waals surface area contributed by atoms with Gasteiger partial charge in [0, 0.05) is 19.5 Å². The van der Waals surface area contributed by atoms with Crippen molar-refractivity contribution in [1.29, 1.82) is 0 Å². The smallest absolute Gasteiger partial charge is 0.410 e. The van der Waals surface area contributed by atoms with E-state index in [4.69, 9.17) is 14.3 Å². The number of ether oxygens (including phenoxy) is 1. The summed E-state index contributed by atoms with van der Waals surface area (Å²) in [5.74, 6) is 0.338. The number of carbonyl (C=O) groups excluding carboxylic acids is 1. The summed E-state index contributed by atoms with van der Waals surface area (Å²) in [6.07, 6.45) is 0.799. The second-order valence-corrected chi connectivity index (χ2v) is 6.20. The predicted octanol–water partition coefficient (Wildman–Crippen LogP) is 2.24. The summed E-state index contributed by atoms with van der Waals surface area (Å²) in [5.41, 5.74) is 0.474. The van der Waals surface area contributed by atoms with Gasteiger partial charge in [-0.3, -0.25) is 4.79 Å². The molecule has 0 fully saturated rings. The molecule has 0 unspecified atom stereocenters. The number of hydrogen-bond donors (Lipinski definition) is 1. The van der Waals surface area contributed by atoms with Crippen LogP contribution in [0.4, 0.5) is 4.79 Å². The van der Waals surface area contributed by atoms with E-state index in [0.29, 0.717) is 31.7 Å². The van der Waals surface area contributed by atoms with Gasteiger partial charge in [-0.2, -0.15) is 0 Å². The van der Waals surface area contributed by atoms with Crippen molar-refractivity contribution in [2.75, 3.05) is 13.1 Å². The van der Waals surface area contributed by atoms with Crippen LogP contribution in [0.15, 0.2) is 10.5 Å². The molecule has 21 heavy (non-hydrogen) atoms. The SMILES string of the molecule is CC(C)(C)OC(=O)N1CCc2cc(CC(=O)O)oc2CC1. The fourth-order valence-electron chi connectivity index (χ4n) is 2.30. The van der Waals surface area contributed by atoms with E-state index in [9.17, 15) is 9.59 Å². The van der Waals surface area contributed by atoms with E-state index >= 15 is 0 Å². The zero-order valence-electron chi connectivity index (χ0n) is 12.6. The largest absolute Gasteiger partial charge is 0.481 e. The summed E-state index contributed by atoms with van der Waals surface area (Å²) in [5, 5.41) is 8.78. The third-order valence-corrected chi connectivity index (χ3v) is 3.18. The molecule has 0 aromatic carbocycles. The number of rotatable bonds is 2. The Hall–Kier alpha value is -1.98. The lowest BCUT2D eigenvalue weighted by atomic mass is 10.1. The van der Waals surface area contributed by atoms with Crippen LogP contribution < -0.4 is 0 Å². The zero-order chi connectivity index (χ0) is 15.6. The minimum Gasteiger partial charge on any atom is -0.481 e. The normalized spacial score (nSPS) is 15.3. The van der Waals surface area contributed by atoms with E-state index in [0.717, 1.165) is 11.3 Å². The quantitative estimate of drug-likeness (QED) is 0.905. The minimum atomic E-state index is -0.908. The summed E-state index contributed by atoms with van der Waals surface area (Å²) in [6.45, 7) is 6.58. The van der Waals surface area contributed by atoms with Gasteiger partial charge < -0.3 is 19.2 Å². The highest BCUT2D eigenvalue weighted by Gasteiger charge is 2.25. The van der Waals surface area contributed by atoms with Gasteiger partial charge in [0.05, 0.1) is 0 Å². The summed E-state index contributed by atoms with van der Waals surface area (Å²) in [6, 6.07) is 1.78. The van der Waals surface area contributed by atoms with Crippen molar-refractivity contribution in [1.82, 2.24) is 4.90 Å². The van der Waals surface area contributed by atoms with Gasteiger partial charge in [0.2, 0.25) is 0 Å². The van der Waals surface area contributed by atoms with Crippen molar-refractivity contribution in [3.63, 3.8) is 0 Å². The van der Waals surface area contributed by atoms with Crippen molar-refractivity contribution < 1.29 is 23.8 Å². The Morgan fingerprint density at radius 3 is 2.62 bits per heavy atom. The first-order valence-electron chi connectivity index (χ1n) is 7.05. The van der Waals surface area contributed by atoms with Gasteiger partial charge in [-0.15, -0.1) is 0 Å². The van der Waals surface area contributed by atoms with Crippen LogP contribution in [0, 0.1) is 0 Å². The van der Waals surface area contributed by atoms with Crippen LogP contribution in [0.2, 0.25) is 0 Å². The summed E-state index contributed by atoms with van der Waals surface area (Å²) in [7, 11) is 0. The number of carboxylic acid groups (broad SMARTS) is 1. The molecule has 0 saturated heterocycles. The van der Waals surface area contributed by atoms with Crippen LogP contribution in [0.5, 0.6) is 0 Å². The first-order valence-corrected chi connectivity index (χ1v) is 7.05. The second kappa shape index (κ2) is 5.79. The molecular formula is C15H21NO5. The van der Waals surface area contributed by atoms with Crippen LogP contribution >= 0.6 is 0 Å². The number of aliphatic carboxylic acids is 1. The molecule has 0 atom stereocenters. The van der Waals surface area contributed by atoms with Gasteiger partial charge in [0.25, 0.3) is 0 Å². The van der Waals surface area contributed by atoms with E-state index in [1.54, 1.807) is 11.0 Å². The maximum Gasteiger partial charge on any atom is 0.410 e. The highest BCUT2D eigenvalue weighted by Crippen LogP contribution is 2.22. The van der Waals surface area contributed by atoms with Crippen LogP contribution in [0.25, 0.3) is 0 Å². The Morgan fingerprint density at radius 2 is 2.00 bits per heavy atom. The fraction of sp³-hybridized carbons (Fsp3) is 0.600. The standard InChI is InChI=1S/C15H21NO5/c1-15(2,3)21-14(19)16-6-4-10-8-11(9-13(17)18)20-12(10)5-7-16/h8H,4-7,9H2,1-3H3,(H,17,18). The molecule has 1 N–H and O–H groups in total. The topological polar surface area (TPSA) is 80.0 Å². The molecule has 1 amide bonds. The molecule has 0 spiro atoms. The molecular weight excluding hydrogens is 274 g/mol. The first kappa shape index (κ1) is 15.4. The van der Waals surface area contributed by atoms with E-state index < -0.39 is 11.6 Å². The Morgan fingerprint density at radius 1 is 1.33 bits per heavy atom. The number of carbonyl (C=O) groups is 2. The molecule has 0 bridgehead atoms. The minimum absolute atomic E-state index is 0.108. The lowest BCUT2D eigenvalue weighted by Crippen LogP contribution is -2.38.